The van der Waals surface area contributed by atoms with Gasteiger partial charge >= 0.3 is 0 Å². The summed E-state index contributed by atoms with van der Waals surface area (Å²) >= 11 is 0.951. The molecule has 0 aliphatic heterocycles. The zero-order valence-electron chi connectivity index (χ0n) is 21.3. The van der Waals surface area contributed by atoms with Crippen molar-refractivity contribution in [2.45, 2.75) is 5.92 Å². The summed E-state index contributed by atoms with van der Waals surface area (Å²) in [6.45, 7) is 0. The highest BCUT2D eigenvalue weighted by atomic mass is 32.1. The molecule has 4 aromatic rings. The van der Waals surface area contributed by atoms with E-state index in [1.165, 1.54) is 54.2 Å². The molecular weight excluding hydrogens is 586 g/mol. The van der Waals surface area contributed by atoms with E-state index in [0.29, 0.717) is 17.3 Å². The largest absolute Gasteiger partial charge is 0.315 e. The average Bonchev–Trinajstić information content (AvgIpc) is 3.49. The average molecular weight is 602 g/mol. The summed E-state index contributed by atoms with van der Waals surface area (Å²) in [7, 11) is 0. The van der Waals surface area contributed by atoms with Crippen LogP contribution in [0.1, 0.15) is 21.3 Å². The van der Waals surface area contributed by atoms with Crippen molar-refractivity contribution in [2.75, 3.05) is 5.32 Å². The lowest BCUT2D eigenvalue weighted by molar-refractivity contribution is -0.393. The Balaban J connectivity index is 1.71. The second-order valence-electron chi connectivity index (χ2n) is 8.28. The lowest BCUT2D eigenvalue weighted by atomic mass is 10.0. The number of nitrogens with zero attached hydrogens (tertiary/aromatic N) is 7. The fourth-order valence-corrected chi connectivity index (χ4v) is 4.41. The van der Waals surface area contributed by atoms with Crippen LogP contribution in [0, 0.1) is 41.7 Å². The summed E-state index contributed by atoms with van der Waals surface area (Å²) in [6.07, 6.45) is 2.68. The van der Waals surface area contributed by atoms with Crippen LogP contribution in [0.25, 0.3) is 11.3 Å². The fraction of sp³-hybridized carbons (Fsp3) is 0.0400. The van der Waals surface area contributed by atoms with Gasteiger partial charge in [-0.1, -0.05) is 0 Å². The molecule has 1 unspecified atom stereocenters. The first-order valence-corrected chi connectivity index (χ1v) is 12.6. The van der Waals surface area contributed by atoms with E-state index in [1.807, 2.05) is 6.07 Å². The van der Waals surface area contributed by atoms with Gasteiger partial charge in [0, 0.05) is 47.1 Å². The molecule has 2 amide bonds. The maximum absolute atomic E-state index is 13.4. The number of carbonyl (C=O) groups excluding carboxylic acids is 2. The molecule has 0 spiro atoms. The summed E-state index contributed by atoms with van der Waals surface area (Å²) in [6, 6.07) is 12.6. The summed E-state index contributed by atoms with van der Waals surface area (Å²) in [4.78, 5) is 65.4. The number of benzene rings is 2. The van der Waals surface area contributed by atoms with Gasteiger partial charge in [-0.25, -0.2) is 10.4 Å². The molecule has 2 aromatic heterocycles. The van der Waals surface area contributed by atoms with E-state index < -0.39 is 55.3 Å². The third-order valence-corrected chi connectivity index (χ3v) is 6.54. The van der Waals surface area contributed by atoms with Crippen LogP contribution in [-0.4, -0.2) is 42.3 Å². The third-order valence-electron chi connectivity index (χ3n) is 5.64. The first kappa shape index (κ1) is 29.5. The van der Waals surface area contributed by atoms with Gasteiger partial charge in [0.25, 0.3) is 28.9 Å². The second-order valence-corrected chi connectivity index (χ2v) is 9.17. The number of hydrogen-bond acceptors (Lipinski definition) is 13. The molecule has 0 fully saturated rings. The molecule has 4 rings (SSSR count). The number of nitriles is 1. The summed E-state index contributed by atoms with van der Waals surface area (Å²) in [5.41, 5.74) is 0.489. The minimum absolute atomic E-state index is 0.0427. The minimum Gasteiger partial charge on any atom is -0.315 e. The number of anilines is 1. The van der Waals surface area contributed by atoms with Crippen molar-refractivity contribution in [3.63, 3.8) is 0 Å². The van der Waals surface area contributed by atoms with Crippen molar-refractivity contribution in [3.05, 3.63) is 113 Å². The molecule has 0 aliphatic carbocycles. The molecule has 2 heterocycles. The maximum atomic E-state index is 13.4. The number of nitro groups is 3. The lowest BCUT2D eigenvalue weighted by Gasteiger charge is -2.12. The number of rotatable bonds is 10. The molecule has 2 N–H and O–H groups in total. The first-order valence-electron chi connectivity index (χ1n) is 11.7. The van der Waals surface area contributed by atoms with E-state index in [1.54, 1.807) is 0 Å². The number of carbonyl (C=O) groups is 2. The highest BCUT2D eigenvalue weighted by molar-refractivity contribution is 7.10. The molecule has 214 valence electrons. The van der Waals surface area contributed by atoms with Crippen LogP contribution < -0.4 is 10.7 Å². The van der Waals surface area contributed by atoms with E-state index in [4.69, 9.17) is 0 Å². The van der Waals surface area contributed by atoms with Crippen molar-refractivity contribution < 1.29 is 24.4 Å². The maximum Gasteiger partial charge on any atom is 0.299 e. The Bertz CT molecular complexity index is 1820. The van der Waals surface area contributed by atoms with E-state index in [2.05, 4.69) is 25.8 Å². The molecule has 17 nitrogen and oxygen atoms in total. The molecule has 0 saturated carbocycles. The Morgan fingerprint density at radius 1 is 0.930 bits per heavy atom. The smallest absolute Gasteiger partial charge is 0.299 e. The van der Waals surface area contributed by atoms with Gasteiger partial charge in [-0.3, -0.25) is 44.9 Å². The Labute approximate surface area is 243 Å². The molecule has 0 aliphatic rings. The number of nitro benzene ring substituents is 3. The van der Waals surface area contributed by atoms with Crippen molar-refractivity contribution >= 4 is 51.6 Å². The summed E-state index contributed by atoms with van der Waals surface area (Å²) < 4.78 is 0. The van der Waals surface area contributed by atoms with Crippen LogP contribution in [0.15, 0.2) is 77.5 Å². The molecular formula is C25H15N9O8S. The van der Waals surface area contributed by atoms with Crippen LogP contribution in [-0.2, 0) is 4.79 Å². The Kier molecular flexibility index (Phi) is 8.78. The van der Waals surface area contributed by atoms with Gasteiger partial charge in [0.05, 0.1) is 32.6 Å². The highest BCUT2D eigenvalue weighted by Crippen LogP contribution is 2.31. The number of thiazole rings is 1. The summed E-state index contributed by atoms with van der Waals surface area (Å²) in [5, 5.41) is 51.3. The molecule has 1 atom stereocenters. The van der Waals surface area contributed by atoms with Gasteiger partial charge in [-0.2, -0.15) is 10.4 Å². The van der Waals surface area contributed by atoms with Crippen LogP contribution in [0.5, 0.6) is 0 Å². The standard InChI is InChI=1S/C25H15N9O8S/c26-12-18(25-29-20(13-43-25)14-1-3-16(4-2-14)32(37)38)22(30-31-23(35)15-7-9-27-10-8-15)24(36)28-19-6-5-17(33(39)40)11-21(19)34(41)42/h1-11,13,18H,(H,28,36)(H,31,35). The van der Waals surface area contributed by atoms with E-state index >= 15 is 0 Å². The molecule has 0 saturated heterocycles. The van der Waals surface area contributed by atoms with Crippen LogP contribution >= 0.6 is 11.3 Å². The van der Waals surface area contributed by atoms with Crippen molar-refractivity contribution in [1.82, 2.24) is 15.4 Å². The Morgan fingerprint density at radius 2 is 1.58 bits per heavy atom. The van der Waals surface area contributed by atoms with Gasteiger partial charge < -0.3 is 5.32 Å². The normalized spacial score (nSPS) is 11.6. The number of amides is 2. The molecule has 43 heavy (non-hydrogen) atoms. The van der Waals surface area contributed by atoms with Crippen molar-refractivity contribution in [2.24, 2.45) is 5.10 Å². The molecule has 0 bridgehead atoms. The summed E-state index contributed by atoms with van der Waals surface area (Å²) in [5.74, 6) is -3.42. The van der Waals surface area contributed by atoms with Crippen LogP contribution in [0.2, 0.25) is 0 Å². The fourth-order valence-electron chi connectivity index (χ4n) is 3.54. The predicted octanol–water partition coefficient (Wildman–Crippen LogP) is 3.96. The number of nitrogens with one attached hydrogen (secondary N) is 2. The van der Waals surface area contributed by atoms with E-state index in [-0.39, 0.29) is 16.3 Å². The predicted molar refractivity (Wildman–Crippen MR) is 150 cm³/mol. The van der Waals surface area contributed by atoms with Gasteiger partial charge in [-0.05, 0) is 30.3 Å². The monoisotopic (exact) mass is 601 g/mol. The van der Waals surface area contributed by atoms with Gasteiger partial charge in [0.15, 0.2) is 0 Å². The van der Waals surface area contributed by atoms with Gasteiger partial charge in [-0.15, -0.1) is 11.3 Å². The third kappa shape index (κ3) is 6.82. The number of non-ortho nitro benzene ring substituents is 2. The first-order chi connectivity index (χ1) is 20.6. The zero-order chi connectivity index (χ0) is 31.1. The van der Waals surface area contributed by atoms with Crippen molar-refractivity contribution in [3.8, 4) is 17.3 Å². The van der Waals surface area contributed by atoms with Crippen LogP contribution in [0.3, 0.4) is 0 Å². The minimum atomic E-state index is -1.51. The van der Waals surface area contributed by atoms with Gasteiger partial charge in [0.1, 0.15) is 22.3 Å². The van der Waals surface area contributed by atoms with E-state index in [0.717, 1.165) is 23.5 Å². The van der Waals surface area contributed by atoms with E-state index in [9.17, 15) is 45.2 Å². The van der Waals surface area contributed by atoms with Crippen molar-refractivity contribution in [1.29, 1.82) is 5.26 Å². The molecule has 2 aromatic carbocycles. The number of hydrazone groups is 1. The second kappa shape index (κ2) is 12.8. The topological polar surface area (TPSA) is 250 Å². The molecule has 0 radical (unpaired) electrons. The SMILES string of the molecule is N#CC(C(=NNC(=O)c1ccncc1)C(=O)Nc1ccc([N+](=O)[O-])cc1[N+](=O)[O-])c1nc(-c2ccc([N+](=O)[O-])cc2)cs1. The number of hydrogen-bond donors (Lipinski definition) is 2. The van der Waals surface area contributed by atoms with Gasteiger partial charge in [0.2, 0.25) is 0 Å². The van der Waals surface area contributed by atoms with Crippen LogP contribution in [0.4, 0.5) is 22.7 Å². The Hall–Kier alpha value is -6.48. The lowest BCUT2D eigenvalue weighted by Crippen LogP contribution is -2.32. The zero-order valence-corrected chi connectivity index (χ0v) is 22.1. The quantitative estimate of drug-likeness (QED) is 0.149. The number of aromatic nitrogens is 2. The molecule has 18 heteroatoms. The number of pyridine rings is 1. The Morgan fingerprint density at radius 3 is 2.19 bits per heavy atom. The highest BCUT2D eigenvalue weighted by Gasteiger charge is 2.30.